The molecule has 0 spiro atoms. The lowest BCUT2D eigenvalue weighted by Crippen LogP contribution is -2.29. The normalized spacial score (nSPS) is 15.2. The molecule has 0 unspecified atom stereocenters. The standard InChI is InChI=1S/C15H17ClN4/c1-20-7-6-13-12(9-20)14(8-17)19-15(18-13)10-2-4-11(16)5-3-10/h2-5H,6-9,17H2,1H3. The van der Waals surface area contributed by atoms with Gasteiger partial charge in [-0.1, -0.05) is 11.6 Å². The smallest absolute Gasteiger partial charge is 0.159 e. The molecule has 1 aliphatic rings. The minimum Gasteiger partial charge on any atom is -0.325 e. The maximum absolute atomic E-state index is 5.92. The highest BCUT2D eigenvalue weighted by Gasteiger charge is 2.20. The molecule has 0 amide bonds. The van der Waals surface area contributed by atoms with Crippen LogP contribution in [0.4, 0.5) is 0 Å². The molecule has 0 saturated carbocycles. The molecule has 5 heteroatoms. The van der Waals surface area contributed by atoms with Gasteiger partial charge in [-0.05, 0) is 31.3 Å². The second-order valence-electron chi connectivity index (χ2n) is 5.12. The summed E-state index contributed by atoms with van der Waals surface area (Å²) in [4.78, 5) is 11.6. The molecule has 1 aromatic carbocycles. The Balaban J connectivity index is 2.07. The van der Waals surface area contributed by atoms with E-state index >= 15 is 0 Å². The molecular weight excluding hydrogens is 272 g/mol. The number of hydrogen-bond donors (Lipinski definition) is 1. The van der Waals surface area contributed by atoms with Gasteiger partial charge >= 0.3 is 0 Å². The van der Waals surface area contributed by atoms with Crippen molar-refractivity contribution in [2.24, 2.45) is 5.73 Å². The molecule has 1 aromatic heterocycles. The second kappa shape index (κ2) is 5.48. The third-order valence-electron chi connectivity index (χ3n) is 3.63. The first kappa shape index (κ1) is 13.5. The zero-order chi connectivity index (χ0) is 14.1. The summed E-state index contributed by atoms with van der Waals surface area (Å²) in [6.07, 6.45) is 0.946. The lowest BCUT2D eigenvalue weighted by Gasteiger charge is -2.26. The average molecular weight is 289 g/mol. The monoisotopic (exact) mass is 288 g/mol. The number of aromatic nitrogens is 2. The van der Waals surface area contributed by atoms with Crippen LogP contribution >= 0.6 is 11.6 Å². The molecule has 2 heterocycles. The molecule has 4 nitrogen and oxygen atoms in total. The van der Waals surface area contributed by atoms with Crippen LogP contribution in [0.15, 0.2) is 24.3 Å². The molecular formula is C15H17ClN4. The molecule has 2 N–H and O–H groups in total. The van der Waals surface area contributed by atoms with E-state index in [4.69, 9.17) is 22.3 Å². The number of rotatable bonds is 2. The van der Waals surface area contributed by atoms with E-state index in [-0.39, 0.29) is 0 Å². The highest BCUT2D eigenvalue weighted by atomic mass is 35.5. The van der Waals surface area contributed by atoms with E-state index in [1.54, 1.807) is 0 Å². The van der Waals surface area contributed by atoms with E-state index < -0.39 is 0 Å². The molecule has 0 atom stereocenters. The number of nitrogens with zero attached hydrogens (tertiary/aromatic N) is 3. The summed E-state index contributed by atoms with van der Waals surface area (Å²) in [5.41, 5.74) is 10.1. The number of benzene rings is 1. The maximum atomic E-state index is 5.92. The Labute approximate surface area is 123 Å². The van der Waals surface area contributed by atoms with Crippen molar-refractivity contribution in [3.05, 3.63) is 46.2 Å². The summed E-state index contributed by atoms with van der Waals surface area (Å²) < 4.78 is 0. The van der Waals surface area contributed by atoms with Crippen LogP contribution in [0.5, 0.6) is 0 Å². The van der Waals surface area contributed by atoms with Gasteiger partial charge in [-0.25, -0.2) is 9.97 Å². The van der Waals surface area contributed by atoms with E-state index in [1.165, 1.54) is 5.56 Å². The maximum Gasteiger partial charge on any atom is 0.159 e. The van der Waals surface area contributed by atoms with Gasteiger partial charge in [-0.15, -0.1) is 0 Å². The van der Waals surface area contributed by atoms with Gasteiger partial charge in [0, 0.05) is 42.2 Å². The number of fused-ring (bicyclic) bond motifs is 1. The minimum absolute atomic E-state index is 0.444. The number of nitrogens with two attached hydrogens (primary N) is 1. The van der Waals surface area contributed by atoms with E-state index in [0.29, 0.717) is 11.6 Å². The topological polar surface area (TPSA) is 55.0 Å². The summed E-state index contributed by atoms with van der Waals surface area (Å²) in [5, 5.41) is 0.715. The van der Waals surface area contributed by atoms with Gasteiger partial charge in [0.25, 0.3) is 0 Å². The van der Waals surface area contributed by atoms with Crippen molar-refractivity contribution >= 4 is 11.6 Å². The van der Waals surface area contributed by atoms with Crippen LogP contribution in [0, 0.1) is 0 Å². The fraction of sp³-hybridized carbons (Fsp3) is 0.333. The third-order valence-corrected chi connectivity index (χ3v) is 3.88. The minimum atomic E-state index is 0.444. The molecule has 2 aromatic rings. The molecule has 0 bridgehead atoms. The first-order valence-corrected chi connectivity index (χ1v) is 7.08. The van der Waals surface area contributed by atoms with Crippen LogP contribution in [0.25, 0.3) is 11.4 Å². The number of halogens is 1. The average Bonchev–Trinajstić information content (AvgIpc) is 2.47. The molecule has 104 valence electrons. The Morgan fingerprint density at radius 3 is 2.70 bits per heavy atom. The molecule has 0 radical (unpaired) electrons. The molecule has 0 fully saturated rings. The lowest BCUT2D eigenvalue weighted by atomic mass is 10.0. The fourth-order valence-electron chi connectivity index (χ4n) is 2.51. The van der Waals surface area contributed by atoms with Crippen LogP contribution in [0.1, 0.15) is 17.0 Å². The van der Waals surface area contributed by atoms with Crippen molar-refractivity contribution in [3.8, 4) is 11.4 Å². The van der Waals surface area contributed by atoms with Gasteiger partial charge in [0.15, 0.2) is 5.82 Å². The summed E-state index contributed by atoms with van der Waals surface area (Å²) in [6.45, 7) is 2.34. The van der Waals surface area contributed by atoms with Crippen molar-refractivity contribution in [2.75, 3.05) is 13.6 Å². The first-order chi connectivity index (χ1) is 9.67. The van der Waals surface area contributed by atoms with E-state index in [2.05, 4.69) is 16.9 Å². The van der Waals surface area contributed by atoms with Crippen LogP contribution < -0.4 is 5.73 Å². The predicted molar refractivity (Wildman–Crippen MR) is 80.4 cm³/mol. The molecule has 20 heavy (non-hydrogen) atoms. The summed E-state index contributed by atoms with van der Waals surface area (Å²) in [7, 11) is 2.11. The summed E-state index contributed by atoms with van der Waals surface area (Å²) >= 11 is 5.92. The zero-order valence-electron chi connectivity index (χ0n) is 11.4. The van der Waals surface area contributed by atoms with Crippen molar-refractivity contribution in [1.29, 1.82) is 0 Å². The van der Waals surface area contributed by atoms with Gasteiger partial charge < -0.3 is 10.6 Å². The van der Waals surface area contributed by atoms with E-state index in [0.717, 1.165) is 42.3 Å². The zero-order valence-corrected chi connectivity index (χ0v) is 12.2. The van der Waals surface area contributed by atoms with Crippen LogP contribution in [-0.2, 0) is 19.5 Å². The SMILES string of the molecule is CN1CCc2nc(-c3ccc(Cl)cc3)nc(CN)c2C1. The predicted octanol–water partition coefficient (Wildman–Crippen LogP) is 2.24. The van der Waals surface area contributed by atoms with Crippen molar-refractivity contribution < 1.29 is 0 Å². The van der Waals surface area contributed by atoms with Gasteiger partial charge in [0.1, 0.15) is 0 Å². The Hall–Kier alpha value is -1.49. The van der Waals surface area contributed by atoms with E-state index in [9.17, 15) is 0 Å². The second-order valence-corrected chi connectivity index (χ2v) is 5.55. The Kier molecular flexibility index (Phi) is 3.70. The van der Waals surface area contributed by atoms with Gasteiger partial charge in [-0.3, -0.25) is 0 Å². The first-order valence-electron chi connectivity index (χ1n) is 6.70. The fourth-order valence-corrected chi connectivity index (χ4v) is 2.64. The van der Waals surface area contributed by atoms with Gasteiger partial charge in [0.2, 0.25) is 0 Å². The van der Waals surface area contributed by atoms with E-state index in [1.807, 2.05) is 24.3 Å². The third kappa shape index (κ3) is 2.54. The van der Waals surface area contributed by atoms with Crippen LogP contribution in [-0.4, -0.2) is 28.5 Å². The van der Waals surface area contributed by atoms with Gasteiger partial charge in [0.05, 0.1) is 11.4 Å². The molecule has 1 aliphatic heterocycles. The largest absolute Gasteiger partial charge is 0.325 e. The number of likely N-dealkylation sites (N-methyl/N-ethyl adjacent to an activating group) is 1. The van der Waals surface area contributed by atoms with Gasteiger partial charge in [-0.2, -0.15) is 0 Å². The van der Waals surface area contributed by atoms with Crippen molar-refractivity contribution in [2.45, 2.75) is 19.5 Å². The van der Waals surface area contributed by atoms with Crippen molar-refractivity contribution in [3.63, 3.8) is 0 Å². The Bertz CT molecular complexity index is 607. The molecule has 0 aliphatic carbocycles. The van der Waals surface area contributed by atoms with Crippen LogP contribution in [0.2, 0.25) is 5.02 Å². The highest BCUT2D eigenvalue weighted by molar-refractivity contribution is 6.30. The highest BCUT2D eigenvalue weighted by Crippen LogP contribution is 2.24. The summed E-state index contributed by atoms with van der Waals surface area (Å²) in [5.74, 6) is 0.741. The summed E-state index contributed by atoms with van der Waals surface area (Å²) in [6, 6.07) is 7.60. The van der Waals surface area contributed by atoms with Crippen molar-refractivity contribution in [1.82, 2.24) is 14.9 Å². The molecule has 3 rings (SSSR count). The lowest BCUT2D eigenvalue weighted by molar-refractivity contribution is 0.307. The number of hydrogen-bond acceptors (Lipinski definition) is 4. The Morgan fingerprint density at radius 1 is 1.25 bits per heavy atom. The van der Waals surface area contributed by atoms with Crippen LogP contribution in [0.3, 0.4) is 0 Å². The Morgan fingerprint density at radius 2 is 2.00 bits per heavy atom. The quantitative estimate of drug-likeness (QED) is 0.921. The molecule has 0 saturated heterocycles.